The lowest BCUT2D eigenvalue weighted by Crippen LogP contribution is -2.30. The highest BCUT2D eigenvalue weighted by molar-refractivity contribution is 9.10. The molecule has 3 rings (SSSR count). The Hall–Kier alpha value is -1.99. The Labute approximate surface area is 152 Å². The first kappa shape index (κ1) is 16.9. The molecule has 0 radical (unpaired) electrons. The minimum absolute atomic E-state index is 0.0458. The zero-order valence-corrected chi connectivity index (χ0v) is 15.4. The quantitative estimate of drug-likeness (QED) is 0.626. The summed E-state index contributed by atoms with van der Waals surface area (Å²) >= 11 is 4.94. The maximum atomic E-state index is 12.2. The first-order chi connectivity index (χ1) is 11.5. The van der Waals surface area contributed by atoms with E-state index in [2.05, 4.69) is 26.5 Å². The number of thiophene rings is 1. The summed E-state index contributed by atoms with van der Waals surface area (Å²) in [6, 6.07) is 9.48. The zero-order valence-electron chi connectivity index (χ0n) is 13.0. The molecule has 1 aromatic carbocycles. The number of carbonyl (C=O) groups excluding carboxylic acids is 2. The van der Waals surface area contributed by atoms with Crippen molar-refractivity contribution in [2.45, 2.75) is 13.3 Å². The van der Waals surface area contributed by atoms with Gasteiger partial charge < -0.3 is 4.90 Å². The van der Waals surface area contributed by atoms with E-state index in [0.717, 1.165) is 20.6 Å². The summed E-state index contributed by atoms with van der Waals surface area (Å²) in [5.74, 6) is -0.660. The van der Waals surface area contributed by atoms with Crippen LogP contribution >= 0.6 is 27.3 Å². The van der Waals surface area contributed by atoms with Crippen LogP contribution in [0.1, 0.15) is 16.9 Å². The number of halogens is 1. The molecule has 0 saturated carbocycles. The van der Waals surface area contributed by atoms with Crippen molar-refractivity contribution in [3.63, 3.8) is 0 Å². The second-order valence-corrected chi connectivity index (χ2v) is 7.45. The number of nitrogens with one attached hydrogen (secondary N) is 1. The third kappa shape index (κ3) is 3.73. The number of benzene rings is 1. The van der Waals surface area contributed by atoms with Crippen LogP contribution in [0.5, 0.6) is 0 Å². The van der Waals surface area contributed by atoms with Crippen LogP contribution in [0.25, 0.3) is 0 Å². The van der Waals surface area contributed by atoms with Crippen molar-refractivity contribution >= 4 is 51.0 Å². The highest BCUT2D eigenvalue weighted by Crippen LogP contribution is 2.26. The first-order valence-corrected chi connectivity index (χ1v) is 9.15. The van der Waals surface area contributed by atoms with Gasteiger partial charge >= 0.3 is 0 Å². The molecule has 1 atom stereocenters. The van der Waals surface area contributed by atoms with Crippen LogP contribution in [0.3, 0.4) is 0 Å². The predicted molar refractivity (Wildman–Crippen MR) is 99.4 cm³/mol. The second-order valence-electron chi connectivity index (χ2n) is 5.58. The van der Waals surface area contributed by atoms with Gasteiger partial charge in [0.15, 0.2) is 0 Å². The van der Waals surface area contributed by atoms with Crippen molar-refractivity contribution in [3.05, 3.63) is 50.6 Å². The van der Waals surface area contributed by atoms with E-state index in [4.69, 9.17) is 0 Å². The Morgan fingerprint density at radius 3 is 2.79 bits per heavy atom. The summed E-state index contributed by atoms with van der Waals surface area (Å²) < 4.78 is 0.949. The highest BCUT2D eigenvalue weighted by Gasteiger charge is 2.35. The molecule has 2 heterocycles. The number of amides is 2. The van der Waals surface area contributed by atoms with Gasteiger partial charge in [-0.15, -0.1) is 11.3 Å². The van der Waals surface area contributed by atoms with Gasteiger partial charge in [0.2, 0.25) is 11.8 Å². The Morgan fingerprint density at radius 1 is 1.38 bits per heavy atom. The monoisotopic (exact) mass is 405 g/mol. The number of nitrogens with zero attached hydrogens (tertiary/aromatic N) is 2. The van der Waals surface area contributed by atoms with Crippen molar-refractivity contribution in [1.29, 1.82) is 0 Å². The van der Waals surface area contributed by atoms with Crippen LogP contribution in [0, 0.1) is 12.8 Å². The van der Waals surface area contributed by atoms with Gasteiger partial charge in [0.05, 0.1) is 12.1 Å². The second kappa shape index (κ2) is 7.27. The van der Waals surface area contributed by atoms with Gasteiger partial charge in [0.25, 0.3) is 0 Å². The molecule has 1 aliphatic rings. The number of aryl methyl sites for hydroxylation is 1. The molecule has 1 aliphatic heterocycles. The minimum atomic E-state index is -0.386. The highest BCUT2D eigenvalue weighted by atomic mass is 79.9. The summed E-state index contributed by atoms with van der Waals surface area (Å²) in [6.45, 7) is 2.37. The van der Waals surface area contributed by atoms with E-state index in [1.807, 2.05) is 42.6 Å². The van der Waals surface area contributed by atoms with Gasteiger partial charge in [-0.3, -0.25) is 9.59 Å². The fraction of sp³-hybridized carbons (Fsp3) is 0.235. The van der Waals surface area contributed by atoms with Crippen molar-refractivity contribution < 1.29 is 9.59 Å². The van der Waals surface area contributed by atoms with E-state index < -0.39 is 0 Å². The number of hydrogen-bond donors (Lipinski definition) is 1. The summed E-state index contributed by atoms with van der Waals surface area (Å²) in [4.78, 5) is 27.1. The molecular formula is C17H16BrN3O2S. The van der Waals surface area contributed by atoms with Gasteiger partial charge in [-0.1, -0.05) is 15.9 Å². The zero-order chi connectivity index (χ0) is 17.1. The largest absolute Gasteiger partial charge is 0.312 e. The summed E-state index contributed by atoms with van der Waals surface area (Å²) in [7, 11) is 0. The fourth-order valence-electron chi connectivity index (χ4n) is 2.52. The maximum Gasteiger partial charge on any atom is 0.245 e. The van der Waals surface area contributed by atoms with Gasteiger partial charge in [-0.05, 0) is 48.2 Å². The average Bonchev–Trinajstić information content (AvgIpc) is 3.14. The third-order valence-electron chi connectivity index (χ3n) is 3.89. The molecule has 2 aromatic rings. The lowest BCUT2D eigenvalue weighted by molar-refractivity contribution is -0.126. The molecule has 1 fully saturated rings. The Balaban J connectivity index is 1.60. The van der Waals surface area contributed by atoms with Gasteiger partial charge in [0.1, 0.15) is 0 Å². The van der Waals surface area contributed by atoms with Crippen LogP contribution < -0.4 is 10.3 Å². The number of hydrogen-bond acceptors (Lipinski definition) is 4. The van der Waals surface area contributed by atoms with Crippen molar-refractivity contribution in [1.82, 2.24) is 5.43 Å². The maximum absolute atomic E-state index is 12.2. The SMILES string of the molecule is Cc1ccsc1C=NNC(=O)[C@H]1CC(=O)N(c2ccc(Br)cc2)C1. The molecule has 0 aliphatic carbocycles. The van der Waals surface area contributed by atoms with Crippen LogP contribution in [0.15, 0.2) is 45.3 Å². The van der Waals surface area contributed by atoms with E-state index in [0.29, 0.717) is 6.54 Å². The normalized spacial score (nSPS) is 17.7. The van der Waals surface area contributed by atoms with Crippen molar-refractivity contribution in [2.75, 3.05) is 11.4 Å². The smallest absolute Gasteiger partial charge is 0.245 e. The number of carbonyl (C=O) groups is 2. The van der Waals surface area contributed by atoms with E-state index in [9.17, 15) is 9.59 Å². The molecular weight excluding hydrogens is 390 g/mol. The topological polar surface area (TPSA) is 61.8 Å². The summed E-state index contributed by atoms with van der Waals surface area (Å²) in [6.07, 6.45) is 1.84. The van der Waals surface area contributed by atoms with E-state index in [-0.39, 0.29) is 24.2 Å². The average molecular weight is 406 g/mol. The summed E-state index contributed by atoms with van der Waals surface area (Å²) in [5, 5.41) is 5.98. The fourth-order valence-corrected chi connectivity index (χ4v) is 3.57. The van der Waals surface area contributed by atoms with Crippen LogP contribution in [-0.2, 0) is 9.59 Å². The molecule has 24 heavy (non-hydrogen) atoms. The van der Waals surface area contributed by atoms with Crippen LogP contribution in [0.2, 0.25) is 0 Å². The lowest BCUT2D eigenvalue weighted by Gasteiger charge is -2.16. The van der Waals surface area contributed by atoms with Crippen molar-refractivity contribution in [3.8, 4) is 0 Å². The first-order valence-electron chi connectivity index (χ1n) is 7.47. The Bertz CT molecular complexity index is 785. The van der Waals surface area contributed by atoms with Crippen molar-refractivity contribution in [2.24, 2.45) is 11.0 Å². The third-order valence-corrected chi connectivity index (χ3v) is 5.37. The number of rotatable bonds is 4. The number of anilines is 1. The molecule has 2 amide bonds. The van der Waals surface area contributed by atoms with Crippen LogP contribution in [0.4, 0.5) is 5.69 Å². The van der Waals surface area contributed by atoms with E-state index >= 15 is 0 Å². The Kier molecular flexibility index (Phi) is 5.11. The van der Waals surface area contributed by atoms with E-state index in [1.165, 1.54) is 0 Å². The van der Waals surface area contributed by atoms with Gasteiger partial charge in [-0.25, -0.2) is 5.43 Å². The molecule has 1 saturated heterocycles. The van der Waals surface area contributed by atoms with Gasteiger partial charge in [0, 0.05) is 28.0 Å². The van der Waals surface area contributed by atoms with Crippen LogP contribution in [-0.4, -0.2) is 24.6 Å². The standard InChI is InChI=1S/C17H16BrN3O2S/c1-11-6-7-24-15(11)9-19-20-17(23)12-8-16(22)21(10-12)14-4-2-13(18)3-5-14/h2-7,9,12H,8,10H2,1H3,(H,20,23)/t12-/m0/s1. The molecule has 5 nitrogen and oxygen atoms in total. The summed E-state index contributed by atoms with van der Waals surface area (Å²) in [5.41, 5.74) is 4.47. The molecule has 0 spiro atoms. The van der Waals surface area contributed by atoms with E-state index in [1.54, 1.807) is 22.5 Å². The molecule has 0 unspecified atom stereocenters. The Morgan fingerprint density at radius 2 is 2.12 bits per heavy atom. The molecule has 124 valence electrons. The molecule has 0 bridgehead atoms. The van der Waals surface area contributed by atoms with Gasteiger partial charge in [-0.2, -0.15) is 5.10 Å². The minimum Gasteiger partial charge on any atom is -0.312 e. The predicted octanol–water partition coefficient (Wildman–Crippen LogP) is 3.32. The number of hydrazone groups is 1. The molecule has 7 heteroatoms. The molecule has 1 N–H and O–H groups in total. The molecule has 1 aromatic heterocycles. The lowest BCUT2D eigenvalue weighted by atomic mass is 10.1.